The molecule has 0 aliphatic carbocycles. The van der Waals surface area contributed by atoms with Crippen LogP contribution in [0.25, 0.3) is 11.1 Å². The van der Waals surface area contributed by atoms with E-state index < -0.39 is 0 Å². The Labute approximate surface area is 147 Å². The molecule has 3 nitrogen and oxygen atoms in total. The molecule has 0 saturated heterocycles. The van der Waals surface area contributed by atoms with E-state index in [1.54, 1.807) is 12.1 Å². The molecular formula is C22H18N2O. The van der Waals surface area contributed by atoms with Gasteiger partial charge in [0.25, 0.3) is 5.91 Å². The summed E-state index contributed by atoms with van der Waals surface area (Å²) in [6.07, 6.45) is 0. The molecule has 0 aromatic heterocycles. The number of hydrogen-bond donors (Lipinski definition) is 1. The van der Waals surface area contributed by atoms with Gasteiger partial charge >= 0.3 is 0 Å². The van der Waals surface area contributed by atoms with Gasteiger partial charge in [0.2, 0.25) is 0 Å². The third-order valence-electron chi connectivity index (χ3n) is 4.27. The van der Waals surface area contributed by atoms with Crippen LogP contribution in [0.2, 0.25) is 0 Å². The minimum atomic E-state index is -0.188. The van der Waals surface area contributed by atoms with E-state index in [1.165, 1.54) is 5.56 Å². The Balaban J connectivity index is 1.99. The van der Waals surface area contributed by atoms with Crippen LogP contribution in [0.3, 0.4) is 0 Å². The predicted molar refractivity (Wildman–Crippen MR) is 100 cm³/mol. The lowest BCUT2D eigenvalue weighted by molar-refractivity contribution is 0.102. The Morgan fingerprint density at radius 2 is 1.56 bits per heavy atom. The summed E-state index contributed by atoms with van der Waals surface area (Å²) in [7, 11) is 0. The van der Waals surface area contributed by atoms with Gasteiger partial charge in [0, 0.05) is 16.8 Å². The van der Waals surface area contributed by atoms with E-state index in [9.17, 15) is 10.1 Å². The number of nitriles is 1. The number of carbonyl (C=O) groups excluding carboxylic acids is 1. The van der Waals surface area contributed by atoms with E-state index in [0.29, 0.717) is 11.1 Å². The Kier molecular flexibility index (Phi) is 4.63. The number of nitrogens with zero attached hydrogens (tertiary/aromatic N) is 1. The second kappa shape index (κ2) is 7.02. The number of hydrogen-bond acceptors (Lipinski definition) is 2. The smallest absolute Gasteiger partial charge is 0.256 e. The summed E-state index contributed by atoms with van der Waals surface area (Å²) >= 11 is 0. The highest BCUT2D eigenvalue weighted by Crippen LogP contribution is 2.27. The molecule has 122 valence electrons. The number of carbonyl (C=O) groups is 1. The number of anilines is 1. The van der Waals surface area contributed by atoms with E-state index in [1.807, 2.05) is 68.4 Å². The lowest BCUT2D eigenvalue weighted by Crippen LogP contribution is -2.13. The monoisotopic (exact) mass is 326 g/mol. The molecule has 3 rings (SSSR count). The zero-order chi connectivity index (χ0) is 17.8. The van der Waals surface area contributed by atoms with Gasteiger partial charge < -0.3 is 5.32 Å². The minimum absolute atomic E-state index is 0.188. The summed E-state index contributed by atoms with van der Waals surface area (Å²) in [6.45, 7) is 4.05. The van der Waals surface area contributed by atoms with Gasteiger partial charge in [0.1, 0.15) is 0 Å². The topological polar surface area (TPSA) is 52.9 Å². The number of nitrogens with one attached hydrogen (secondary N) is 1. The summed E-state index contributed by atoms with van der Waals surface area (Å²) in [5, 5.41) is 12.3. The van der Waals surface area contributed by atoms with Crippen LogP contribution in [-0.2, 0) is 0 Å². The van der Waals surface area contributed by atoms with Crippen molar-refractivity contribution in [3.8, 4) is 17.2 Å². The molecule has 1 amide bonds. The van der Waals surface area contributed by atoms with Crippen molar-refractivity contribution in [2.24, 2.45) is 0 Å². The minimum Gasteiger partial charge on any atom is -0.322 e. The Bertz CT molecular complexity index is 983. The van der Waals surface area contributed by atoms with Crippen molar-refractivity contribution in [3.63, 3.8) is 0 Å². The van der Waals surface area contributed by atoms with Crippen LogP contribution in [0.4, 0.5) is 5.69 Å². The number of benzene rings is 3. The molecule has 0 heterocycles. The van der Waals surface area contributed by atoms with Crippen LogP contribution >= 0.6 is 0 Å². The lowest BCUT2D eigenvalue weighted by atomic mass is 9.95. The van der Waals surface area contributed by atoms with Crippen molar-refractivity contribution in [2.45, 2.75) is 13.8 Å². The maximum absolute atomic E-state index is 12.8. The standard InChI is InChI=1S/C22H18N2O/c1-15-11-12-18(13-16(15)2)24-22(25)21-10-6-5-9-20(21)19-8-4-3-7-17(19)14-23/h3-13H,1-2H3,(H,24,25). The summed E-state index contributed by atoms with van der Waals surface area (Å²) in [6, 6.07) is 22.7. The van der Waals surface area contributed by atoms with Gasteiger partial charge in [-0.25, -0.2) is 0 Å². The van der Waals surface area contributed by atoms with Crippen LogP contribution in [-0.4, -0.2) is 5.91 Å². The van der Waals surface area contributed by atoms with E-state index in [4.69, 9.17) is 0 Å². The molecule has 1 N–H and O–H groups in total. The highest BCUT2D eigenvalue weighted by atomic mass is 16.1. The average molecular weight is 326 g/mol. The Morgan fingerprint density at radius 1 is 0.880 bits per heavy atom. The zero-order valence-electron chi connectivity index (χ0n) is 14.2. The predicted octanol–water partition coefficient (Wildman–Crippen LogP) is 5.09. The Hall–Kier alpha value is -3.38. The molecule has 3 aromatic rings. The summed E-state index contributed by atoms with van der Waals surface area (Å²) in [4.78, 5) is 12.8. The maximum Gasteiger partial charge on any atom is 0.256 e. The van der Waals surface area contributed by atoms with Crippen LogP contribution in [0.15, 0.2) is 66.7 Å². The van der Waals surface area contributed by atoms with Gasteiger partial charge in [-0.3, -0.25) is 4.79 Å². The van der Waals surface area contributed by atoms with Crippen LogP contribution < -0.4 is 5.32 Å². The fourth-order valence-corrected chi connectivity index (χ4v) is 2.75. The molecule has 0 bridgehead atoms. The first-order valence-corrected chi connectivity index (χ1v) is 8.07. The Morgan fingerprint density at radius 3 is 2.28 bits per heavy atom. The molecular weight excluding hydrogens is 308 g/mol. The average Bonchev–Trinajstić information content (AvgIpc) is 2.64. The van der Waals surface area contributed by atoms with Gasteiger partial charge in [-0.05, 0) is 54.8 Å². The van der Waals surface area contributed by atoms with Crippen molar-refractivity contribution < 1.29 is 4.79 Å². The lowest BCUT2D eigenvalue weighted by Gasteiger charge is -2.12. The van der Waals surface area contributed by atoms with E-state index >= 15 is 0 Å². The molecule has 0 aliphatic rings. The normalized spacial score (nSPS) is 10.1. The van der Waals surface area contributed by atoms with Crippen molar-refractivity contribution in [2.75, 3.05) is 5.32 Å². The molecule has 0 unspecified atom stereocenters. The molecule has 0 saturated carbocycles. The SMILES string of the molecule is Cc1ccc(NC(=O)c2ccccc2-c2ccccc2C#N)cc1C. The first kappa shape index (κ1) is 16.5. The third-order valence-corrected chi connectivity index (χ3v) is 4.27. The van der Waals surface area contributed by atoms with Gasteiger partial charge in [-0.1, -0.05) is 42.5 Å². The molecule has 3 aromatic carbocycles. The second-order valence-electron chi connectivity index (χ2n) is 5.96. The summed E-state index contributed by atoms with van der Waals surface area (Å²) in [5.74, 6) is -0.188. The summed E-state index contributed by atoms with van der Waals surface area (Å²) in [5.41, 5.74) is 5.67. The molecule has 25 heavy (non-hydrogen) atoms. The van der Waals surface area contributed by atoms with E-state index in [2.05, 4.69) is 11.4 Å². The first-order valence-electron chi connectivity index (χ1n) is 8.07. The van der Waals surface area contributed by atoms with Crippen LogP contribution in [0, 0.1) is 25.2 Å². The molecule has 0 fully saturated rings. The van der Waals surface area contributed by atoms with Gasteiger partial charge in [0.05, 0.1) is 11.6 Å². The van der Waals surface area contributed by atoms with Crippen molar-refractivity contribution >= 4 is 11.6 Å². The summed E-state index contributed by atoms with van der Waals surface area (Å²) < 4.78 is 0. The van der Waals surface area contributed by atoms with E-state index in [0.717, 1.165) is 22.4 Å². The van der Waals surface area contributed by atoms with E-state index in [-0.39, 0.29) is 5.91 Å². The van der Waals surface area contributed by atoms with Gasteiger partial charge in [-0.2, -0.15) is 5.26 Å². The van der Waals surface area contributed by atoms with Crippen molar-refractivity contribution in [1.29, 1.82) is 5.26 Å². The van der Waals surface area contributed by atoms with Crippen molar-refractivity contribution in [1.82, 2.24) is 0 Å². The highest BCUT2D eigenvalue weighted by molar-refractivity contribution is 6.09. The maximum atomic E-state index is 12.8. The molecule has 3 heteroatoms. The number of amides is 1. The first-order chi connectivity index (χ1) is 12.1. The van der Waals surface area contributed by atoms with Crippen molar-refractivity contribution in [3.05, 3.63) is 89.0 Å². The largest absolute Gasteiger partial charge is 0.322 e. The van der Waals surface area contributed by atoms with Crippen LogP contribution in [0.1, 0.15) is 27.0 Å². The molecule has 0 atom stereocenters. The quantitative estimate of drug-likeness (QED) is 0.728. The van der Waals surface area contributed by atoms with Crippen LogP contribution in [0.5, 0.6) is 0 Å². The van der Waals surface area contributed by atoms with Gasteiger partial charge in [0.15, 0.2) is 0 Å². The number of aryl methyl sites for hydroxylation is 2. The van der Waals surface area contributed by atoms with Gasteiger partial charge in [-0.15, -0.1) is 0 Å². The molecule has 0 spiro atoms. The second-order valence-corrected chi connectivity index (χ2v) is 5.96. The molecule has 0 radical (unpaired) electrons. The zero-order valence-corrected chi connectivity index (χ0v) is 14.2. The third kappa shape index (κ3) is 3.44. The highest BCUT2D eigenvalue weighted by Gasteiger charge is 2.15. The molecule has 0 aliphatic heterocycles. The fourth-order valence-electron chi connectivity index (χ4n) is 2.75. The fraction of sp³-hybridized carbons (Fsp3) is 0.0909. The number of rotatable bonds is 3.